The molecule has 0 saturated heterocycles. The maximum absolute atomic E-state index is 5.71. The van der Waals surface area contributed by atoms with Crippen LogP contribution in [-0.2, 0) is 6.61 Å². The lowest BCUT2D eigenvalue weighted by Crippen LogP contribution is -1.98. The lowest BCUT2D eigenvalue weighted by molar-refractivity contribution is 0.299. The van der Waals surface area contributed by atoms with Crippen molar-refractivity contribution >= 4 is 16.5 Å². The van der Waals surface area contributed by atoms with Crippen LogP contribution in [0.5, 0.6) is 17.2 Å². The molecule has 0 aliphatic heterocycles. The van der Waals surface area contributed by atoms with Crippen molar-refractivity contribution in [2.45, 2.75) is 20.0 Å². The standard InChI is InChI=1S/C14H19N3O3S/c1-4-5-15-14-17-16-13(21-14)9-20-12-7-10(18-2)6-11(8-12)19-3/h6-8H,4-5,9H2,1-3H3,(H,15,17). The highest BCUT2D eigenvalue weighted by Gasteiger charge is 2.07. The number of aromatic nitrogens is 2. The number of hydrogen-bond donors (Lipinski definition) is 1. The zero-order valence-electron chi connectivity index (χ0n) is 12.4. The van der Waals surface area contributed by atoms with Crippen molar-refractivity contribution in [3.8, 4) is 17.2 Å². The molecule has 1 aromatic carbocycles. The van der Waals surface area contributed by atoms with Crippen LogP contribution in [0.3, 0.4) is 0 Å². The van der Waals surface area contributed by atoms with E-state index in [1.54, 1.807) is 32.4 Å². The van der Waals surface area contributed by atoms with E-state index in [0.29, 0.717) is 23.9 Å². The molecule has 2 aromatic rings. The van der Waals surface area contributed by atoms with Crippen molar-refractivity contribution in [3.05, 3.63) is 23.2 Å². The fourth-order valence-electron chi connectivity index (χ4n) is 1.63. The highest BCUT2D eigenvalue weighted by Crippen LogP contribution is 2.28. The van der Waals surface area contributed by atoms with Crippen LogP contribution in [0.15, 0.2) is 18.2 Å². The maximum Gasteiger partial charge on any atom is 0.205 e. The quantitative estimate of drug-likeness (QED) is 0.809. The first-order valence-electron chi connectivity index (χ1n) is 6.67. The smallest absolute Gasteiger partial charge is 0.205 e. The Hall–Kier alpha value is -2.02. The molecule has 6 nitrogen and oxygen atoms in total. The van der Waals surface area contributed by atoms with Gasteiger partial charge in [0.25, 0.3) is 0 Å². The Morgan fingerprint density at radius 3 is 2.33 bits per heavy atom. The van der Waals surface area contributed by atoms with Crippen LogP contribution < -0.4 is 19.5 Å². The third-order valence-electron chi connectivity index (χ3n) is 2.68. The van der Waals surface area contributed by atoms with Gasteiger partial charge in [-0.15, -0.1) is 10.2 Å². The predicted molar refractivity (Wildman–Crippen MR) is 82.6 cm³/mol. The van der Waals surface area contributed by atoms with Crippen LogP contribution in [0.4, 0.5) is 5.13 Å². The van der Waals surface area contributed by atoms with Crippen LogP contribution in [0, 0.1) is 0 Å². The van der Waals surface area contributed by atoms with Crippen LogP contribution in [-0.4, -0.2) is 31.0 Å². The minimum Gasteiger partial charge on any atom is -0.496 e. The van der Waals surface area contributed by atoms with Crippen LogP contribution in [0.2, 0.25) is 0 Å². The molecule has 0 bridgehead atoms. The average molecular weight is 309 g/mol. The van der Waals surface area contributed by atoms with Gasteiger partial charge in [0.05, 0.1) is 14.2 Å². The van der Waals surface area contributed by atoms with Crippen molar-refractivity contribution in [1.29, 1.82) is 0 Å². The zero-order valence-corrected chi connectivity index (χ0v) is 13.2. The van der Waals surface area contributed by atoms with Gasteiger partial charge in [-0.2, -0.15) is 0 Å². The van der Waals surface area contributed by atoms with Crippen LogP contribution >= 0.6 is 11.3 Å². The molecule has 21 heavy (non-hydrogen) atoms. The number of anilines is 1. The van der Waals surface area contributed by atoms with Crippen molar-refractivity contribution in [3.63, 3.8) is 0 Å². The van der Waals surface area contributed by atoms with Crippen molar-refractivity contribution in [2.75, 3.05) is 26.1 Å². The molecule has 7 heteroatoms. The van der Waals surface area contributed by atoms with Gasteiger partial charge < -0.3 is 19.5 Å². The molecule has 0 saturated carbocycles. The van der Waals surface area contributed by atoms with Gasteiger partial charge in [-0.3, -0.25) is 0 Å². The largest absolute Gasteiger partial charge is 0.496 e. The number of methoxy groups -OCH3 is 2. The summed E-state index contributed by atoms with van der Waals surface area (Å²) >= 11 is 1.49. The highest BCUT2D eigenvalue weighted by atomic mass is 32.1. The van der Waals surface area contributed by atoms with Gasteiger partial charge in [0.1, 0.15) is 23.9 Å². The Balaban J connectivity index is 1.97. The molecule has 0 amide bonds. The molecule has 0 spiro atoms. The maximum atomic E-state index is 5.71. The summed E-state index contributed by atoms with van der Waals surface area (Å²) in [7, 11) is 3.21. The molecular formula is C14H19N3O3S. The Morgan fingerprint density at radius 2 is 1.71 bits per heavy atom. The first-order valence-corrected chi connectivity index (χ1v) is 7.49. The van der Waals surface area contributed by atoms with E-state index >= 15 is 0 Å². The number of nitrogens with zero attached hydrogens (tertiary/aromatic N) is 2. The summed E-state index contributed by atoms with van der Waals surface area (Å²) in [6.45, 7) is 3.36. The second kappa shape index (κ2) is 7.68. The summed E-state index contributed by atoms with van der Waals surface area (Å²) < 4.78 is 16.1. The van der Waals surface area contributed by atoms with E-state index in [4.69, 9.17) is 14.2 Å². The molecule has 0 unspecified atom stereocenters. The van der Waals surface area contributed by atoms with E-state index in [1.807, 2.05) is 0 Å². The lowest BCUT2D eigenvalue weighted by Gasteiger charge is -2.09. The summed E-state index contributed by atoms with van der Waals surface area (Å²) in [6.07, 6.45) is 1.05. The molecule has 2 rings (SSSR count). The van der Waals surface area contributed by atoms with E-state index in [2.05, 4.69) is 22.4 Å². The van der Waals surface area contributed by atoms with Crippen LogP contribution in [0.1, 0.15) is 18.4 Å². The van der Waals surface area contributed by atoms with Crippen molar-refractivity contribution in [2.24, 2.45) is 0 Å². The van der Waals surface area contributed by atoms with Gasteiger partial charge in [0, 0.05) is 24.7 Å². The zero-order chi connectivity index (χ0) is 15.1. The van der Waals surface area contributed by atoms with Crippen molar-refractivity contribution < 1.29 is 14.2 Å². The molecular weight excluding hydrogens is 290 g/mol. The van der Waals surface area contributed by atoms with E-state index < -0.39 is 0 Å². The molecule has 1 N–H and O–H groups in total. The van der Waals surface area contributed by atoms with Crippen LogP contribution in [0.25, 0.3) is 0 Å². The Labute approximate surface area is 128 Å². The van der Waals surface area contributed by atoms with Gasteiger partial charge in [0.15, 0.2) is 5.01 Å². The number of nitrogens with one attached hydrogen (secondary N) is 1. The summed E-state index contributed by atoms with van der Waals surface area (Å²) in [4.78, 5) is 0. The van der Waals surface area contributed by atoms with E-state index in [1.165, 1.54) is 11.3 Å². The SMILES string of the molecule is CCCNc1nnc(COc2cc(OC)cc(OC)c2)s1. The Morgan fingerprint density at radius 1 is 1.05 bits per heavy atom. The van der Waals surface area contributed by atoms with E-state index in [9.17, 15) is 0 Å². The summed E-state index contributed by atoms with van der Waals surface area (Å²) in [6, 6.07) is 5.41. The third-order valence-corrected chi connectivity index (χ3v) is 3.53. The predicted octanol–water partition coefficient (Wildman–Crippen LogP) is 2.96. The second-order valence-electron chi connectivity index (χ2n) is 4.26. The molecule has 0 aliphatic carbocycles. The number of hydrogen-bond acceptors (Lipinski definition) is 7. The Kier molecular flexibility index (Phi) is 5.62. The second-order valence-corrected chi connectivity index (χ2v) is 5.33. The molecule has 1 heterocycles. The average Bonchev–Trinajstić information content (AvgIpc) is 2.98. The first-order chi connectivity index (χ1) is 10.2. The normalized spacial score (nSPS) is 10.2. The molecule has 0 radical (unpaired) electrons. The third kappa shape index (κ3) is 4.49. The minimum absolute atomic E-state index is 0.363. The fraction of sp³-hybridized carbons (Fsp3) is 0.429. The topological polar surface area (TPSA) is 65.5 Å². The van der Waals surface area contributed by atoms with Gasteiger partial charge in [-0.1, -0.05) is 18.3 Å². The van der Waals surface area contributed by atoms with Gasteiger partial charge in [-0.25, -0.2) is 0 Å². The number of benzene rings is 1. The number of ether oxygens (including phenoxy) is 3. The molecule has 0 atom stereocenters. The van der Waals surface area contributed by atoms with Gasteiger partial charge >= 0.3 is 0 Å². The monoisotopic (exact) mass is 309 g/mol. The van der Waals surface area contributed by atoms with E-state index in [0.717, 1.165) is 23.1 Å². The van der Waals surface area contributed by atoms with E-state index in [-0.39, 0.29) is 0 Å². The highest BCUT2D eigenvalue weighted by molar-refractivity contribution is 7.15. The number of rotatable bonds is 8. The fourth-order valence-corrected chi connectivity index (χ4v) is 2.30. The summed E-state index contributed by atoms with van der Waals surface area (Å²) in [5.74, 6) is 2.04. The summed E-state index contributed by atoms with van der Waals surface area (Å²) in [5.41, 5.74) is 0. The molecule has 0 fully saturated rings. The summed E-state index contributed by atoms with van der Waals surface area (Å²) in [5, 5.41) is 13.0. The minimum atomic E-state index is 0.363. The van der Waals surface area contributed by atoms with Crippen molar-refractivity contribution in [1.82, 2.24) is 10.2 Å². The molecule has 1 aromatic heterocycles. The lowest BCUT2D eigenvalue weighted by atomic mass is 10.3. The Bertz CT molecular complexity index is 552. The van der Waals surface area contributed by atoms with Gasteiger partial charge in [-0.05, 0) is 6.42 Å². The molecule has 0 aliphatic rings. The van der Waals surface area contributed by atoms with Gasteiger partial charge in [0.2, 0.25) is 5.13 Å². The molecule has 114 valence electrons. The first kappa shape index (κ1) is 15.4.